The molecule has 0 amide bonds. The van der Waals surface area contributed by atoms with Crippen molar-refractivity contribution in [2.75, 3.05) is 38.1 Å². The van der Waals surface area contributed by atoms with Crippen LogP contribution in [0.3, 0.4) is 0 Å². The monoisotopic (exact) mass is 307 g/mol. The molecule has 2 aliphatic rings. The van der Waals surface area contributed by atoms with Gasteiger partial charge in [0.05, 0.1) is 0 Å². The molecule has 3 rings (SSSR count). The fourth-order valence-electron chi connectivity index (χ4n) is 3.79. The zero-order valence-electron chi connectivity index (χ0n) is 12.9. The third-order valence-corrected chi connectivity index (χ3v) is 5.14. The van der Waals surface area contributed by atoms with Crippen LogP contribution in [0.25, 0.3) is 0 Å². The number of benzene rings is 1. The first-order chi connectivity index (χ1) is 10.3. The van der Waals surface area contributed by atoms with Gasteiger partial charge >= 0.3 is 0 Å². The summed E-state index contributed by atoms with van der Waals surface area (Å²) in [5, 5.41) is 4.08. The fraction of sp³-hybridized carbons (Fsp3) is 0.647. The number of nitrogens with one attached hydrogen (secondary N) is 1. The minimum atomic E-state index is 0.827. The molecule has 4 heteroatoms. The molecule has 1 aromatic rings. The first kappa shape index (κ1) is 15.1. The summed E-state index contributed by atoms with van der Waals surface area (Å²) in [5.74, 6) is 0. The Hall–Kier alpha value is -0.770. The van der Waals surface area contributed by atoms with Crippen molar-refractivity contribution in [3.05, 3.63) is 28.8 Å². The van der Waals surface area contributed by atoms with Crippen LogP contribution in [-0.2, 0) is 6.54 Å². The van der Waals surface area contributed by atoms with Crippen LogP contribution < -0.4 is 10.2 Å². The topological polar surface area (TPSA) is 18.5 Å². The van der Waals surface area contributed by atoms with Gasteiger partial charge < -0.3 is 10.2 Å². The van der Waals surface area contributed by atoms with Crippen LogP contribution >= 0.6 is 11.6 Å². The molecule has 0 unspecified atom stereocenters. The molecule has 1 aliphatic carbocycles. The SMILES string of the molecule is CNCc1cc(Cl)ccc1N1CCN(C2CCCC2)CC1. The molecule has 0 radical (unpaired) electrons. The Morgan fingerprint density at radius 2 is 1.86 bits per heavy atom. The standard InChI is InChI=1S/C17H26ClN3/c1-19-13-14-12-15(18)6-7-17(14)21-10-8-20(9-11-21)16-4-2-3-5-16/h6-7,12,16,19H,2-5,8-11,13H2,1H3. The van der Waals surface area contributed by atoms with Crippen molar-refractivity contribution in [1.82, 2.24) is 10.2 Å². The van der Waals surface area contributed by atoms with Crippen molar-refractivity contribution >= 4 is 17.3 Å². The quantitative estimate of drug-likeness (QED) is 0.922. The third kappa shape index (κ3) is 3.53. The zero-order chi connectivity index (χ0) is 14.7. The van der Waals surface area contributed by atoms with Gasteiger partial charge in [-0.15, -0.1) is 0 Å². The maximum Gasteiger partial charge on any atom is 0.0413 e. The molecule has 0 aromatic heterocycles. The van der Waals surface area contributed by atoms with Crippen molar-refractivity contribution < 1.29 is 0 Å². The number of nitrogens with zero attached hydrogens (tertiary/aromatic N) is 2. The Kier molecular flexibility index (Phi) is 5.04. The summed E-state index contributed by atoms with van der Waals surface area (Å²) in [6, 6.07) is 7.14. The van der Waals surface area contributed by atoms with Crippen molar-refractivity contribution in [3.63, 3.8) is 0 Å². The lowest BCUT2D eigenvalue weighted by molar-refractivity contribution is 0.187. The average molecular weight is 308 g/mol. The third-order valence-electron chi connectivity index (χ3n) is 4.90. The number of hydrogen-bond donors (Lipinski definition) is 1. The molecule has 1 saturated carbocycles. The molecule has 1 aromatic carbocycles. The van der Waals surface area contributed by atoms with Crippen molar-refractivity contribution in [2.24, 2.45) is 0 Å². The predicted molar refractivity (Wildman–Crippen MR) is 90.3 cm³/mol. The van der Waals surface area contributed by atoms with Crippen molar-refractivity contribution in [1.29, 1.82) is 0 Å². The van der Waals surface area contributed by atoms with Crippen LogP contribution in [-0.4, -0.2) is 44.2 Å². The van der Waals surface area contributed by atoms with Gasteiger partial charge in [0.2, 0.25) is 0 Å². The lowest BCUT2D eigenvalue weighted by Crippen LogP contribution is -2.50. The molecular formula is C17H26ClN3. The summed E-state index contributed by atoms with van der Waals surface area (Å²) >= 11 is 6.15. The summed E-state index contributed by atoms with van der Waals surface area (Å²) in [6.07, 6.45) is 5.67. The van der Waals surface area contributed by atoms with E-state index in [1.165, 1.54) is 50.0 Å². The van der Waals surface area contributed by atoms with Crippen LogP contribution in [0.1, 0.15) is 31.2 Å². The highest BCUT2D eigenvalue weighted by Crippen LogP contribution is 2.28. The molecule has 0 bridgehead atoms. The highest BCUT2D eigenvalue weighted by Gasteiger charge is 2.26. The van der Waals surface area contributed by atoms with Gasteiger partial charge in [-0.25, -0.2) is 0 Å². The second kappa shape index (κ2) is 6.99. The average Bonchev–Trinajstić information content (AvgIpc) is 3.02. The fourth-order valence-corrected chi connectivity index (χ4v) is 3.99. The lowest BCUT2D eigenvalue weighted by Gasteiger charge is -2.39. The maximum absolute atomic E-state index is 6.15. The van der Waals surface area contributed by atoms with Gasteiger partial charge in [0.1, 0.15) is 0 Å². The van der Waals surface area contributed by atoms with Crippen LogP contribution in [0.5, 0.6) is 0 Å². The van der Waals surface area contributed by atoms with Gasteiger partial charge in [-0.3, -0.25) is 4.90 Å². The molecule has 3 nitrogen and oxygen atoms in total. The number of hydrogen-bond acceptors (Lipinski definition) is 3. The molecule has 1 heterocycles. The van der Waals surface area contributed by atoms with Gasteiger partial charge in [-0.1, -0.05) is 24.4 Å². The van der Waals surface area contributed by atoms with E-state index >= 15 is 0 Å². The van der Waals surface area contributed by atoms with Gasteiger partial charge in [-0.2, -0.15) is 0 Å². The van der Waals surface area contributed by atoms with Gasteiger partial charge in [0.25, 0.3) is 0 Å². The summed E-state index contributed by atoms with van der Waals surface area (Å²) < 4.78 is 0. The Labute approximate surface area is 133 Å². The van der Waals surface area contributed by atoms with Gasteiger partial charge in [0, 0.05) is 49.5 Å². The minimum absolute atomic E-state index is 0.827. The molecular weight excluding hydrogens is 282 g/mol. The van der Waals surface area contributed by atoms with E-state index in [2.05, 4.69) is 27.2 Å². The summed E-state index contributed by atoms with van der Waals surface area (Å²) in [6.45, 7) is 5.54. The molecule has 1 aliphatic heterocycles. The van der Waals surface area contributed by atoms with Crippen molar-refractivity contribution in [3.8, 4) is 0 Å². The van der Waals surface area contributed by atoms with Crippen LogP contribution in [0.15, 0.2) is 18.2 Å². The zero-order valence-corrected chi connectivity index (χ0v) is 13.7. The molecule has 1 N–H and O–H groups in total. The van der Waals surface area contributed by atoms with E-state index < -0.39 is 0 Å². The molecule has 116 valence electrons. The van der Waals surface area contributed by atoms with Crippen molar-refractivity contribution in [2.45, 2.75) is 38.3 Å². The Balaban J connectivity index is 1.66. The van der Waals surface area contributed by atoms with E-state index in [4.69, 9.17) is 11.6 Å². The van der Waals surface area contributed by atoms with E-state index in [1.54, 1.807) is 0 Å². The molecule has 0 atom stereocenters. The Morgan fingerprint density at radius 3 is 2.52 bits per heavy atom. The lowest BCUT2D eigenvalue weighted by atomic mass is 10.1. The number of rotatable bonds is 4. The molecule has 1 saturated heterocycles. The minimum Gasteiger partial charge on any atom is -0.369 e. The maximum atomic E-state index is 6.15. The van der Waals surface area contributed by atoms with Crippen LogP contribution in [0, 0.1) is 0 Å². The van der Waals surface area contributed by atoms with E-state index in [0.29, 0.717) is 0 Å². The summed E-state index contributed by atoms with van der Waals surface area (Å²) in [7, 11) is 1.99. The van der Waals surface area contributed by atoms with Crippen LogP contribution in [0.2, 0.25) is 5.02 Å². The largest absolute Gasteiger partial charge is 0.369 e. The van der Waals surface area contributed by atoms with E-state index in [-0.39, 0.29) is 0 Å². The second-order valence-corrected chi connectivity index (χ2v) is 6.70. The first-order valence-electron chi connectivity index (χ1n) is 8.20. The van der Waals surface area contributed by atoms with Gasteiger partial charge in [-0.05, 0) is 43.7 Å². The highest BCUT2D eigenvalue weighted by molar-refractivity contribution is 6.30. The van der Waals surface area contributed by atoms with Crippen LogP contribution in [0.4, 0.5) is 5.69 Å². The predicted octanol–water partition coefficient (Wildman–Crippen LogP) is 3.12. The summed E-state index contributed by atoms with van der Waals surface area (Å²) in [4.78, 5) is 5.23. The Morgan fingerprint density at radius 1 is 1.14 bits per heavy atom. The highest BCUT2D eigenvalue weighted by atomic mass is 35.5. The van der Waals surface area contributed by atoms with E-state index in [0.717, 1.165) is 30.7 Å². The molecule has 2 fully saturated rings. The second-order valence-electron chi connectivity index (χ2n) is 6.26. The number of anilines is 1. The normalized spacial score (nSPS) is 21.1. The Bertz CT molecular complexity index is 463. The number of piperazine rings is 1. The van der Waals surface area contributed by atoms with E-state index in [1.807, 2.05) is 13.1 Å². The molecule has 21 heavy (non-hydrogen) atoms. The molecule has 0 spiro atoms. The van der Waals surface area contributed by atoms with Gasteiger partial charge in [0.15, 0.2) is 0 Å². The smallest absolute Gasteiger partial charge is 0.0413 e. The van der Waals surface area contributed by atoms with E-state index in [9.17, 15) is 0 Å². The first-order valence-corrected chi connectivity index (χ1v) is 8.58. The summed E-state index contributed by atoms with van der Waals surface area (Å²) in [5.41, 5.74) is 2.65. The number of halogens is 1.